The van der Waals surface area contributed by atoms with Gasteiger partial charge in [0.2, 0.25) is 0 Å². The molecular formula is C29H29FO4. The van der Waals surface area contributed by atoms with E-state index in [0.29, 0.717) is 29.6 Å². The first kappa shape index (κ1) is 23.6. The Labute approximate surface area is 199 Å². The third-order valence-electron chi connectivity index (χ3n) is 6.13. The molecule has 176 valence electrons. The van der Waals surface area contributed by atoms with Crippen molar-refractivity contribution in [3.05, 3.63) is 95.3 Å². The van der Waals surface area contributed by atoms with E-state index in [1.165, 1.54) is 6.07 Å². The summed E-state index contributed by atoms with van der Waals surface area (Å²) in [7, 11) is 1.58. The molecule has 4 nitrogen and oxygen atoms in total. The lowest BCUT2D eigenvalue weighted by Gasteiger charge is -2.15. The van der Waals surface area contributed by atoms with Gasteiger partial charge in [0.05, 0.1) is 13.5 Å². The summed E-state index contributed by atoms with van der Waals surface area (Å²) in [6, 6.07) is 18.5. The lowest BCUT2D eigenvalue weighted by molar-refractivity contribution is -0.137. The van der Waals surface area contributed by atoms with Crippen LogP contribution in [0.15, 0.2) is 72.8 Å². The molecule has 1 unspecified atom stereocenters. The van der Waals surface area contributed by atoms with E-state index in [-0.39, 0.29) is 18.2 Å². The molecule has 0 aromatic heterocycles. The molecule has 34 heavy (non-hydrogen) atoms. The molecule has 1 aliphatic rings. The third-order valence-corrected chi connectivity index (χ3v) is 6.13. The van der Waals surface area contributed by atoms with E-state index in [4.69, 9.17) is 14.6 Å². The summed E-state index contributed by atoms with van der Waals surface area (Å²) in [4.78, 5) is 11.2. The molecule has 0 spiro atoms. The summed E-state index contributed by atoms with van der Waals surface area (Å²) >= 11 is 0. The van der Waals surface area contributed by atoms with E-state index in [1.54, 1.807) is 19.2 Å². The van der Waals surface area contributed by atoms with Crippen LogP contribution in [-0.4, -0.2) is 18.2 Å². The van der Waals surface area contributed by atoms with E-state index >= 15 is 0 Å². The van der Waals surface area contributed by atoms with Gasteiger partial charge < -0.3 is 14.6 Å². The summed E-state index contributed by atoms with van der Waals surface area (Å²) in [5, 5.41) is 9.16. The van der Waals surface area contributed by atoms with Gasteiger partial charge in [-0.25, -0.2) is 4.39 Å². The molecular weight excluding hydrogens is 431 g/mol. The Morgan fingerprint density at radius 1 is 1.06 bits per heavy atom. The van der Waals surface area contributed by atoms with Crippen LogP contribution in [0, 0.1) is 5.82 Å². The molecule has 1 aliphatic carbocycles. The minimum absolute atomic E-state index is 0.0431. The Kier molecular flexibility index (Phi) is 7.31. The van der Waals surface area contributed by atoms with E-state index in [0.717, 1.165) is 35.1 Å². The van der Waals surface area contributed by atoms with Crippen LogP contribution in [0.4, 0.5) is 4.39 Å². The molecule has 4 rings (SSSR count). The molecule has 3 aromatic rings. The second kappa shape index (κ2) is 10.6. The van der Waals surface area contributed by atoms with Crippen LogP contribution >= 0.6 is 0 Å². The number of carboxylic acids is 1. The molecule has 1 atom stereocenters. The van der Waals surface area contributed by atoms with Crippen molar-refractivity contribution in [2.24, 2.45) is 0 Å². The van der Waals surface area contributed by atoms with E-state index in [9.17, 15) is 9.18 Å². The molecule has 0 heterocycles. The highest BCUT2D eigenvalue weighted by molar-refractivity contribution is 5.71. The minimum Gasteiger partial charge on any atom is -0.497 e. The highest BCUT2D eigenvalue weighted by Gasteiger charge is 2.27. The molecule has 5 heteroatoms. The van der Waals surface area contributed by atoms with Crippen LogP contribution in [0.1, 0.15) is 54.7 Å². The Hall–Kier alpha value is -3.60. The average Bonchev–Trinajstić information content (AvgIpc) is 3.68. The molecule has 1 N–H and O–H groups in total. The highest BCUT2D eigenvalue weighted by Crippen LogP contribution is 2.45. The van der Waals surface area contributed by atoms with Crippen LogP contribution in [0.5, 0.6) is 11.5 Å². The van der Waals surface area contributed by atoms with Gasteiger partial charge in [0.1, 0.15) is 23.9 Å². The van der Waals surface area contributed by atoms with Crippen LogP contribution in [-0.2, 0) is 11.4 Å². The van der Waals surface area contributed by atoms with Gasteiger partial charge in [0.15, 0.2) is 0 Å². The van der Waals surface area contributed by atoms with Gasteiger partial charge in [-0.05, 0) is 84.3 Å². The second-order valence-corrected chi connectivity index (χ2v) is 8.63. The zero-order valence-electron chi connectivity index (χ0n) is 19.5. The van der Waals surface area contributed by atoms with E-state index in [1.807, 2.05) is 55.5 Å². The summed E-state index contributed by atoms with van der Waals surface area (Å²) < 4.78 is 26.1. The number of halogens is 1. The number of methoxy groups -OCH3 is 1. The quantitative estimate of drug-likeness (QED) is 0.328. The van der Waals surface area contributed by atoms with Crippen LogP contribution in [0.3, 0.4) is 0 Å². The molecule has 0 aliphatic heterocycles. The number of aliphatic carboxylic acids is 1. The van der Waals surface area contributed by atoms with Gasteiger partial charge in [-0.3, -0.25) is 4.79 Å². The number of ether oxygens (including phenoxy) is 2. The minimum atomic E-state index is -0.832. The van der Waals surface area contributed by atoms with Crippen LogP contribution in [0.2, 0.25) is 0 Å². The van der Waals surface area contributed by atoms with Gasteiger partial charge in [0.25, 0.3) is 0 Å². The number of carbonyl (C=O) groups is 1. The van der Waals surface area contributed by atoms with Crippen LogP contribution < -0.4 is 9.47 Å². The molecule has 0 radical (unpaired) electrons. The topological polar surface area (TPSA) is 55.8 Å². The van der Waals surface area contributed by atoms with Crippen molar-refractivity contribution in [2.45, 2.75) is 44.6 Å². The average molecular weight is 461 g/mol. The number of allylic oxidation sites excluding steroid dienone is 2. The fraction of sp³-hybridized carbons (Fsp3) is 0.276. The Bertz CT molecular complexity index is 1180. The first-order valence-corrected chi connectivity index (χ1v) is 11.5. The SMILES string of the molecule is C/C=C\C(CC(=O)O)c1ccc(OCc2ccc(C3CC3)c(-c3cc(OC)ccc3F)c2)cc1. The van der Waals surface area contributed by atoms with Crippen molar-refractivity contribution in [3.63, 3.8) is 0 Å². The molecule has 0 amide bonds. The lowest BCUT2D eigenvalue weighted by atomic mass is 9.94. The second-order valence-electron chi connectivity index (χ2n) is 8.63. The van der Waals surface area contributed by atoms with Crippen molar-refractivity contribution in [3.8, 4) is 22.6 Å². The largest absolute Gasteiger partial charge is 0.497 e. The molecule has 0 bridgehead atoms. The normalized spacial score (nSPS) is 14.2. The summed E-state index contributed by atoms with van der Waals surface area (Å²) in [6.45, 7) is 2.22. The predicted octanol–water partition coefficient (Wildman–Crippen LogP) is 7.09. The maximum Gasteiger partial charge on any atom is 0.304 e. The van der Waals surface area contributed by atoms with Crippen molar-refractivity contribution >= 4 is 5.97 Å². The van der Waals surface area contributed by atoms with Crippen molar-refractivity contribution in [1.82, 2.24) is 0 Å². The zero-order chi connectivity index (χ0) is 24.1. The Morgan fingerprint density at radius 3 is 2.44 bits per heavy atom. The molecule has 3 aromatic carbocycles. The summed E-state index contributed by atoms with van der Waals surface area (Å²) in [5.41, 5.74) is 4.47. The maximum absolute atomic E-state index is 14.7. The zero-order valence-corrected chi connectivity index (χ0v) is 19.5. The summed E-state index contributed by atoms with van der Waals surface area (Å²) in [5.74, 6) is 0.512. The van der Waals surface area contributed by atoms with Gasteiger partial charge in [0, 0.05) is 11.5 Å². The number of benzene rings is 3. The number of hydrogen-bond donors (Lipinski definition) is 1. The van der Waals surface area contributed by atoms with Gasteiger partial charge >= 0.3 is 5.97 Å². The molecule has 1 saturated carbocycles. The standard InChI is InChI=1S/C29H29FO4/c1-3-4-22(16-29(31)32)20-8-10-23(11-9-20)34-18-19-5-13-25(21-6-7-21)26(15-19)27-17-24(33-2)12-14-28(27)30/h3-5,8-15,17,21-22H,6-7,16,18H2,1-2H3,(H,31,32)/b4-3-. The number of rotatable bonds is 10. The first-order chi connectivity index (χ1) is 16.5. The lowest BCUT2D eigenvalue weighted by Crippen LogP contribution is -2.04. The monoisotopic (exact) mass is 460 g/mol. The van der Waals surface area contributed by atoms with E-state index < -0.39 is 5.97 Å². The van der Waals surface area contributed by atoms with Crippen molar-refractivity contribution < 1.29 is 23.8 Å². The predicted molar refractivity (Wildman–Crippen MR) is 131 cm³/mol. The Balaban J connectivity index is 1.53. The Morgan fingerprint density at radius 2 is 1.79 bits per heavy atom. The number of carboxylic acid groups (broad SMARTS) is 1. The fourth-order valence-electron chi connectivity index (χ4n) is 4.21. The fourth-order valence-corrected chi connectivity index (χ4v) is 4.21. The van der Waals surface area contributed by atoms with Crippen molar-refractivity contribution in [1.29, 1.82) is 0 Å². The number of hydrogen-bond acceptors (Lipinski definition) is 3. The van der Waals surface area contributed by atoms with Gasteiger partial charge in [-0.2, -0.15) is 0 Å². The van der Waals surface area contributed by atoms with Gasteiger partial charge in [-0.15, -0.1) is 0 Å². The van der Waals surface area contributed by atoms with Crippen LogP contribution in [0.25, 0.3) is 11.1 Å². The van der Waals surface area contributed by atoms with Gasteiger partial charge in [-0.1, -0.05) is 36.4 Å². The first-order valence-electron chi connectivity index (χ1n) is 11.5. The third kappa shape index (κ3) is 5.66. The van der Waals surface area contributed by atoms with Crippen molar-refractivity contribution in [2.75, 3.05) is 7.11 Å². The summed E-state index contributed by atoms with van der Waals surface area (Å²) in [6.07, 6.45) is 6.05. The van der Waals surface area contributed by atoms with E-state index in [2.05, 4.69) is 6.07 Å². The molecule has 0 saturated heterocycles. The smallest absolute Gasteiger partial charge is 0.304 e. The highest BCUT2D eigenvalue weighted by atomic mass is 19.1. The molecule has 1 fully saturated rings. The maximum atomic E-state index is 14.7.